The van der Waals surface area contributed by atoms with Crippen LogP contribution in [0.5, 0.6) is 0 Å². The first-order chi connectivity index (χ1) is 8.88. The van der Waals surface area contributed by atoms with Crippen LogP contribution >= 0.6 is 0 Å². The molecule has 0 radical (unpaired) electrons. The van der Waals surface area contributed by atoms with E-state index in [9.17, 15) is 14.7 Å². The average Bonchev–Trinajstić information content (AvgIpc) is 2.38. The highest BCUT2D eigenvalue weighted by Gasteiger charge is 2.41. The highest BCUT2D eigenvalue weighted by molar-refractivity contribution is 5.80. The molecule has 1 rings (SSSR count). The fraction of sp³-hybridized carbons (Fsp3) is 0.857. The monoisotopic (exact) mass is 270 g/mol. The summed E-state index contributed by atoms with van der Waals surface area (Å²) in [5.41, 5.74) is 5.02. The van der Waals surface area contributed by atoms with Crippen molar-refractivity contribution < 1.29 is 14.7 Å². The lowest BCUT2D eigenvalue weighted by molar-refractivity contribution is -0.155. The van der Waals surface area contributed by atoms with Gasteiger partial charge in [-0.3, -0.25) is 9.59 Å². The van der Waals surface area contributed by atoms with E-state index in [4.69, 9.17) is 5.73 Å². The molecule has 110 valence electrons. The molecule has 19 heavy (non-hydrogen) atoms. The van der Waals surface area contributed by atoms with Gasteiger partial charge in [0.15, 0.2) is 0 Å². The SMILES string of the molecule is CCC1(C(=O)O)CCN(C(=O)C(CN)C(C)C)CC1. The van der Waals surface area contributed by atoms with Crippen molar-refractivity contribution >= 4 is 11.9 Å². The van der Waals surface area contributed by atoms with Gasteiger partial charge in [0.25, 0.3) is 0 Å². The van der Waals surface area contributed by atoms with E-state index in [1.165, 1.54) is 0 Å². The quantitative estimate of drug-likeness (QED) is 0.789. The van der Waals surface area contributed by atoms with Gasteiger partial charge >= 0.3 is 5.97 Å². The molecule has 0 aromatic carbocycles. The van der Waals surface area contributed by atoms with Crippen LogP contribution in [0.25, 0.3) is 0 Å². The summed E-state index contributed by atoms with van der Waals surface area (Å²) in [6.45, 7) is 7.30. The van der Waals surface area contributed by atoms with E-state index < -0.39 is 11.4 Å². The van der Waals surface area contributed by atoms with E-state index in [0.717, 1.165) is 0 Å². The van der Waals surface area contributed by atoms with Crippen molar-refractivity contribution in [2.24, 2.45) is 23.0 Å². The maximum Gasteiger partial charge on any atom is 0.309 e. The Morgan fingerprint density at radius 3 is 2.16 bits per heavy atom. The van der Waals surface area contributed by atoms with Gasteiger partial charge in [-0.2, -0.15) is 0 Å². The first-order valence-corrected chi connectivity index (χ1v) is 7.10. The Kier molecular flexibility index (Phi) is 5.35. The molecule has 1 aliphatic heterocycles. The average molecular weight is 270 g/mol. The van der Waals surface area contributed by atoms with Crippen molar-refractivity contribution in [3.05, 3.63) is 0 Å². The number of carboxylic acids is 1. The minimum Gasteiger partial charge on any atom is -0.481 e. The Labute approximate surface area is 115 Å². The first kappa shape index (κ1) is 16.0. The molecular weight excluding hydrogens is 244 g/mol. The smallest absolute Gasteiger partial charge is 0.309 e. The number of carbonyl (C=O) groups is 2. The number of likely N-dealkylation sites (tertiary alicyclic amines) is 1. The molecule has 5 nitrogen and oxygen atoms in total. The summed E-state index contributed by atoms with van der Waals surface area (Å²) in [6, 6.07) is 0. The number of nitrogens with two attached hydrogens (primary N) is 1. The van der Waals surface area contributed by atoms with E-state index in [2.05, 4.69) is 0 Å². The molecule has 1 atom stereocenters. The first-order valence-electron chi connectivity index (χ1n) is 7.10. The highest BCUT2D eigenvalue weighted by Crippen LogP contribution is 2.35. The Hall–Kier alpha value is -1.10. The molecule has 1 aliphatic rings. The molecule has 1 amide bonds. The zero-order valence-electron chi connectivity index (χ0n) is 12.2. The number of carbonyl (C=O) groups excluding carboxylic acids is 1. The second kappa shape index (κ2) is 6.37. The van der Waals surface area contributed by atoms with E-state index in [-0.39, 0.29) is 17.7 Å². The standard InChI is InChI=1S/C14H26N2O3/c1-4-14(13(18)19)5-7-16(8-6-14)12(17)11(9-15)10(2)3/h10-11H,4-9,15H2,1-3H3,(H,18,19). The summed E-state index contributed by atoms with van der Waals surface area (Å²) in [5.74, 6) is -0.595. The molecule has 0 aliphatic carbocycles. The topological polar surface area (TPSA) is 83.6 Å². The van der Waals surface area contributed by atoms with Crippen molar-refractivity contribution in [3.63, 3.8) is 0 Å². The summed E-state index contributed by atoms with van der Waals surface area (Å²) in [5, 5.41) is 9.33. The molecule has 0 spiro atoms. The Morgan fingerprint density at radius 2 is 1.84 bits per heavy atom. The van der Waals surface area contributed by atoms with E-state index in [1.807, 2.05) is 20.8 Å². The van der Waals surface area contributed by atoms with Crippen LogP contribution in [0.3, 0.4) is 0 Å². The van der Waals surface area contributed by atoms with Gasteiger partial charge < -0.3 is 15.7 Å². The molecule has 5 heteroatoms. The van der Waals surface area contributed by atoms with E-state index in [1.54, 1.807) is 4.90 Å². The molecule has 1 saturated heterocycles. The molecule has 1 unspecified atom stereocenters. The second-order valence-electron chi connectivity index (χ2n) is 5.85. The zero-order valence-corrected chi connectivity index (χ0v) is 12.2. The van der Waals surface area contributed by atoms with E-state index in [0.29, 0.717) is 38.9 Å². The summed E-state index contributed by atoms with van der Waals surface area (Å²) in [4.78, 5) is 25.5. The van der Waals surface area contributed by atoms with Crippen LogP contribution in [0.1, 0.15) is 40.0 Å². The van der Waals surface area contributed by atoms with Gasteiger partial charge in [0, 0.05) is 19.6 Å². The van der Waals surface area contributed by atoms with Crippen LogP contribution in [0.15, 0.2) is 0 Å². The third-order valence-corrected chi connectivity index (χ3v) is 4.54. The third kappa shape index (κ3) is 3.26. The predicted molar refractivity (Wildman–Crippen MR) is 73.6 cm³/mol. The molecule has 1 fully saturated rings. The fourth-order valence-electron chi connectivity index (χ4n) is 2.77. The van der Waals surface area contributed by atoms with Crippen LogP contribution in [0, 0.1) is 17.3 Å². The van der Waals surface area contributed by atoms with Crippen LogP contribution in [-0.2, 0) is 9.59 Å². The summed E-state index contributed by atoms with van der Waals surface area (Å²) in [6.07, 6.45) is 1.70. The largest absolute Gasteiger partial charge is 0.481 e. The minimum atomic E-state index is -0.735. The third-order valence-electron chi connectivity index (χ3n) is 4.54. The summed E-state index contributed by atoms with van der Waals surface area (Å²) >= 11 is 0. The minimum absolute atomic E-state index is 0.0765. The number of carboxylic acid groups (broad SMARTS) is 1. The van der Waals surface area contributed by atoms with E-state index >= 15 is 0 Å². The molecule has 0 aromatic rings. The Bertz CT molecular complexity index is 334. The van der Waals surface area contributed by atoms with Gasteiger partial charge in [0.1, 0.15) is 0 Å². The van der Waals surface area contributed by atoms with Crippen LogP contribution in [0.4, 0.5) is 0 Å². The van der Waals surface area contributed by atoms with Gasteiger partial charge in [0.05, 0.1) is 11.3 Å². The number of piperidine rings is 1. The van der Waals surface area contributed by atoms with Crippen LogP contribution in [0.2, 0.25) is 0 Å². The van der Waals surface area contributed by atoms with Gasteiger partial charge in [0.2, 0.25) is 5.91 Å². The van der Waals surface area contributed by atoms with Crippen molar-refractivity contribution in [2.45, 2.75) is 40.0 Å². The van der Waals surface area contributed by atoms with Gasteiger partial charge in [-0.1, -0.05) is 20.8 Å². The fourth-order valence-corrected chi connectivity index (χ4v) is 2.77. The lowest BCUT2D eigenvalue weighted by Crippen LogP contribution is -2.49. The zero-order chi connectivity index (χ0) is 14.6. The predicted octanol–water partition coefficient (Wildman–Crippen LogP) is 1.32. The number of hydrogen-bond acceptors (Lipinski definition) is 3. The van der Waals surface area contributed by atoms with Crippen LogP contribution < -0.4 is 5.73 Å². The number of amides is 1. The Morgan fingerprint density at radius 1 is 1.32 bits per heavy atom. The molecule has 0 bridgehead atoms. The van der Waals surface area contributed by atoms with Crippen molar-refractivity contribution in [1.82, 2.24) is 4.90 Å². The Balaban J connectivity index is 2.68. The lowest BCUT2D eigenvalue weighted by atomic mass is 9.76. The van der Waals surface area contributed by atoms with Gasteiger partial charge in [-0.15, -0.1) is 0 Å². The molecule has 0 aromatic heterocycles. The highest BCUT2D eigenvalue weighted by atomic mass is 16.4. The number of nitrogens with zero attached hydrogens (tertiary/aromatic N) is 1. The van der Waals surface area contributed by atoms with Gasteiger partial charge in [-0.05, 0) is 25.2 Å². The van der Waals surface area contributed by atoms with Crippen molar-refractivity contribution in [3.8, 4) is 0 Å². The molecule has 3 N–H and O–H groups in total. The summed E-state index contributed by atoms with van der Waals surface area (Å²) in [7, 11) is 0. The number of aliphatic carboxylic acids is 1. The second-order valence-corrected chi connectivity index (χ2v) is 5.85. The molecular formula is C14H26N2O3. The maximum atomic E-state index is 12.3. The lowest BCUT2D eigenvalue weighted by Gasteiger charge is -2.39. The number of hydrogen-bond donors (Lipinski definition) is 2. The van der Waals surface area contributed by atoms with Gasteiger partial charge in [-0.25, -0.2) is 0 Å². The molecule has 0 saturated carbocycles. The number of rotatable bonds is 5. The maximum absolute atomic E-state index is 12.3. The van der Waals surface area contributed by atoms with Crippen LogP contribution in [-0.4, -0.2) is 41.5 Å². The molecule has 1 heterocycles. The summed E-state index contributed by atoms with van der Waals surface area (Å²) < 4.78 is 0. The van der Waals surface area contributed by atoms with Crippen molar-refractivity contribution in [2.75, 3.05) is 19.6 Å². The normalized spacial score (nSPS) is 20.4. The van der Waals surface area contributed by atoms with Crippen molar-refractivity contribution in [1.29, 1.82) is 0 Å².